The zero-order valence-corrected chi connectivity index (χ0v) is 11.3. The van der Waals surface area contributed by atoms with Crippen molar-refractivity contribution in [2.45, 2.75) is 19.4 Å². The van der Waals surface area contributed by atoms with Crippen LogP contribution in [0.5, 0.6) is 0 Å². The zero-order valence-electron chi connectivity index (χ0n) is 11.3. The number of rotatable bonds is 3. The predicted octanol–water partition coefficient (Wildman–Crippen LogP) is -0.168. The van der Waals surface area contributed by atoms with Crippen LogP contribution in [0.3, 0.4) is 0 Å². The third-order valence-corrected chi connectivity index (χ3v) is 3.46. The van der Waals surface area contributed by atoms with E-state index in [-0.39, 0.29) is 11.9 Å². The fraction of sp³-hybridized carbons (Fsp3) is 0.583. The van der Waals surface area contributed by atoms with Crippen molar-refractivity contribution in [2.75, 3.05) is 25.6 Å². The molecule has 4 N–H and O–H groups in total. The van der Waals surface area contributed by atoms with Gasteiger partial charge in [-0.1, -0.05) is 6.92 Å². The molecule has 0 bridgehead atoms. The van der Waals surface area contributed by atoms with Crippen molar-refractivity contribution in [2.24, 2.45) is 11.8 Å². The SMILES string of the molecule is CC1CN(C)CCC1NC(=O)c1cnc(NN)cn1. The molecule has 7 nitrogen and oxygen atoms in total. The molecule has 19 heavy (non-hydrogen) atoms. The molecule has 104 valence electrons. The van der Waals surface area contributed by atoms with E-state index in [2.05, 4.69) is 39.6 Å². The molecule has 1 aromatic rings. The molecule has 1 fully saturated rings. The Balaban J connectivity index is 1.96. The van der Waals surface area contributed by atoms with Gasteiger partial charge in [-0.2, -0.15) is 0 Å². The van der Waals surface area contributed by atoms with E-state index in [1.807, 2.05) is 0 Å². The highest BCUT2D eigenvalue weighted by atomic mass is 16.1. The number of carbonyl (C=O) groups excluding carboxylic acids is 1. The molecular formula is C12H20N6O. The van der Waals surface area contributed by atoms with Crippen LogP contribution in [-0.2, 0) is 0 Å². The number of nitrogens with one attached hydrogen (secondary N) is 2. The van der Waals surface area contributed by atoms with Crippen LogP contribution in [-0.4, -0.2) is 47.0 Å². The van der Waals surface area contributed by atoms with Crippen LogP contribution in [0.25, 0.3) is 0 Å². The summed E-state index contributed by atoms with van der Waals surface area (Å²) in [5.74, 6) is 5.88. The summed E-state index contributed by atoms with van der Waals surface area (Å²) in [4.78, 5) is 22.3. The van der Waals surface area contributed by atoms with Gasteiger partial charge in [-0.05, 0) is 25.9 Å². The molecule has 0 saturated carbocycles. The molecule has 0 aliphatic carbocycles. The summed E-state index contributed by atoms with van der Waals surface area (Å²) < 4.78 is 0. The molecule has 0 aromatic carbocycles. The summed E-state index contributed by atoms with van der Waals surface area (Å²) in [6, 6.07) is 0.192. The average Bonchev–Trinajstić information content (AvgIpc) is 2.42. The maximum absolute atomic E-state index is 12.1. The lowest BCUT2D eigenvalue weighted by molar-refractivity contribution is 0.0878. The monoisotopic (exact) mass is 264 g/mol. The molecule has 1 aliphatic rings. The Hall–Kier alpha value is -1.73. The number of nitrogen functional groups attached to an aromatic ring is 1. The van der Waals surface area contributed by atoms with Gasteiger partial charge in [0.15, 0.2) is 5.82 Å². The standard InChI is InChI=1S/C12H20N6O/c1-8-7-18(2)4-3-9(8)16-12(19)10-5-15-11(17-13)6-14-10/h5-6,8-9H,3-4,7,13H2,1-2H3,(H,15,17)(H,16,19). The normalized spacial score (nSPS) is 23.9. The summed E-state index contributed by atoms with van der Waals surface area (Å²) in [5, 5.41) is 3.02. The van der Waals surface area contributed by atoms with Gasteiger partial charge < -0.3 is 15.6 Å². The van der Waals surface area contributed by atoms with E-state index in [1.165, 1.54) is 12.4 Å². The summed E-state index contributed by atoms with van der Waals surface area (Å²) in [6.07, 6.45) is 3.82. The fourth-order valence-corrected chi connectivity index (χ4v) is 2.33. The summed E-state index contributed by atoms with van der Waals surface area (Å²) in [5.41, 5.74) is 2.69. The molecule has 2 heterocycles. The topological polar surface area (TPSA) is 96.2 Å². The second-order valence-electron chi connectivity index (χ2n) is 5.04. The lowest BCUT2D eigenvalue weighted by Crippen LogP contribution is -2.49. The Kier molecular flexibility index (Phi) is 4.28. The van der Waals surface area contributed by atoms with Crippen LogP contribution < -0.4 is 16.6 Å². The minimum Gasteiger partial charge on any atom is -0.348 e. The molecule has 0 spiro atoms. The number of aromatic nitrogens is 2. The van der Waals surface area contributed by atoms with E-state index in [0.717, 1.165) is 19.5 Å². The van der Waals surface area contributed by atoms with E-state index in [0.29, 0.717) is 17.4 Å². The maximum atomic E-state index is 12.1. The van der Waals surface area contributed by atoms with E-state index < -0.39 is 0 Å². The third kappa shape index (κ3) is 3.39. The Morgan fingerprint density at radius 2 is 2.26 bits per heavy atom. The number of nitrogens with zero attached hydrogens (tertiary/aromatic N) is 3. The number of hydrazine groups is 1. The molecule has 1 aromatic heterocycles. The van der Waals surface area contributed by atoms with Crippen LogP contribution in [0, 0.1) is 5.92 Å². The van der Waals surface area contributed by atoms with Gasteiger partial charge in [-0.3, -0.25) is 4.79 Å². The van der Waals surface area contributed by atoms with Crippen molar-refractivity contribution in [1.82, 2.24) is 20.2 Å². The van der Waals surface area contributed by atoms with Gasteiger partial charge in [-0.15, -0.1) is 0 Å². The molecule has 2 unspecified atom stereocenters. The first-order chi connectivity index (χ1) is 9.10. The van der Waals surface area contributed by atoms with Crippen molar-refractivity contribution >= 4 is 11.7 Å². The number of hydrogen-bond acceptors (Lipinski definition) is 6. The second kappa shape index (κ2) is 5.94. The minimum atomic E-state index is -0.183. The molecule has 0 radical (unpaired) electrons. The Morgan fingerprint density at radius 1 is 1.47 bits per heavy atom. The van der Waals surface area contributed by atoms with Crippen LogP contribution in [0.2, 0.25) is 0 Å². The molecular weight excluding hydrogens is 244 g/mol. The maximum Gasteiger partial charge on any atom is 0.271 e. The van der Waals surface area contributed by atoms with Gasteiger partial charge in [0.1, 0.15) is 5.69 Å². The van der Waals surface area contributed by atoms with Gasteiger partial charge in [0.2, 0.25) is 0 Å². The predicted molar refractivity (Wildman–Crippen MR) is 72.4 cm³/mol. The molecule has 1 aliphatic heterocycles. The highest BCUT2D eigenvalue weighted by Crippen LogP contribution is 2.15. The number of amides is 1. The lowest BCUT2D eigenvalue weighted by atomic mass is 9.94. The van der Waals surface area contributed by atoms with Crippen molar-refractivity contribution in [1.29, 1.82) is 0 Å². The Morgan fingerprint density at radius 3 is 2.84 bits per heavy atom. The number of anilines is 1. The fourth-order valence-electron chi connectivity index (χ4n) is 2.33. The van der Waals surface area contributed by atoms with Crippen LogP contribution >= 0.6 is 0 Å². The van der Waals surface area contributed by atoms with Gasteiger partial charge >= 0.3 is 0 Å². The van der Waals surface area contributed by atoms with E-state index >= 15 is 0 Å². The zero-order chi connectivity index (χ0) is 13.8. The lowest BCUT2D eigenvalue weighted by Gasteiger charge is -2.35. The molecule has 1 saturated heterocycles. The largest absolute Gasteiger partial charge is 0.348 e. The van der Waals surface area contributed by atoms with E-state index in [4.69, 9.17) is 5.84 Å². The highest BCUT2D eigenvalue weighted by molar-refractivity contribution is 5.92. The summed E-state index contributed by atoms with van der Waals surface area (Å²) in [7, 11) is 2.10. The summed E-state index contributed by atoms with van der Waals surface area (Å²) >= 11 is 0. The van der Waals surface area contributed by atoms with Crippen molar-refractivity contribution in [3.63, 3.8) is 0 Å². The number of nitrogens with two attached hydrogens (primary N) is 1. The molecule has 2 atom stereocenters. The Bertz CT molecular complexity index is 434. The van der Waals surface area contributed by atoms with Crippen molar-refractivity contribution < 1.29 is 4.79 Å². The minimum absolute atomic E-state index is 0.183. The number of hydrogen-bond donors (Lipinski definition) is 3. The van der Waals surface area contributed by atoms with Crippen LogP contribution in [0.15, 0.2) is 12.4 Å². The van der Waals surface area contributed by atoms with E-state index in [1.54, 1.807) is 0 Å². The van der Waals surface area contributed by atoms with Gasteiger partial charge in [0.25, 0.3) is 5.91 Å². The number of piperidine rings is 1. The van der Waals surface area contributed by atoms with E-state index in [9.17, 15) is 4.79 Å². The van der Waals surface area contributed by atoms with Crippen molar-refractivity contribution in [3.05, 3.63) is 18.1 Å². The smallest absolute Gasteiger partial charge is 0.271 e. The number of likely N-dealkylation sites (tertiary alicyclic amines) is 1. The number of carbonyl (C=O) groups is 1. The van der Waals surface area contributed by atoms with Gasteiger partial charge in [0.05, 0.1) is 12.4 Å². The molecule has 7 heteroatoms. The highest BCUT2D eigenvalue weighted by Gasteiger charge is 2.26. The van der Waals surface area contributed by atoms with Crippen LogP contribution in [0.1, 0.15) is 23.8 Å². The van der Waals surface area contributed by atoms with Gasteiger partial charge in [-0.25, -0.2) is 15.8 Å². The van der Waals surface area contributed by atoms with Crippen LogP contribution in [0.4, 0.5) is 5.82 Å². The first kappa shape index (κ1) is 13.7. The summed E-state index contributed by atoms with van der Waals surface area (Å²) in [6.45, 7) is 4.14. The Labute approximate surface area is 112 Å². The van der Waals surface area contributed by atoms with Crippen molar-refractivity contribution in [3.8, 4) is 0 Å². The first-order valence-electron chi connectivity index (χ1n) is 6.38. The molecule has 2 rings (SSSR count). The second-order valence-corrected chi connectivity index (χ2v) is 5.04. The van der Waals surface area contributed by atoms with Gasteiger partial charge in [0, 0.05) is 12.6 Å². The molecule has 1 amide bonds. The quantitative estimate of drug-likeness (QED) is 0.518. The third-order valence-electron chi connectivity index (χ3n) is 3.46. The average molecular weight is 264 g/mol. The first-order valence-corrected chi connectivity index (χ1v) is 6.38.